The van der Waals surface area contributed by atoms with Gasteiger partial charge in [-0.15, -0.1) is 15.3 Å². The SMILES string of the molecule is COc1cccc(-c2nnc3sc(NC(=O)COc4ccc(C)cc4)nn23)c1. The molecule has 0 bridgehead atoms. The highest BCUT2D eigenvalue weighted by atomic mass is 32.1. The summed E-state index contributed by atoms with van der Waals surface area (Å²) < 4.78 is 12.3. The van der Waals surface area contributed by atoms with Crippen molar-refractivity contribution in [3.05, 3.63) is 54.1 Å². The number of hydrogen-bond donors (Lipinski definition) is 1. The van der Waals surface area contributed by atoms with E-state index in [-0.39, 0.29) is 12.5 Å². The van der Waals surface area contributed by atoms with E-state index in [1.54, 1.807) is 11.6 Å². The third-order valence-corrected chi connectivity index (χ3v) is 4.77. The lowest BCUT2D eigenvalue weighted by Crippen LogP contribution is -2.20. The van der Waals surface area contributed by atoms with Crippen LogP contribution in [0.2, 0.25) is 0 Å². The van der Waals surface area contributed by atoms with Gasteiger partial charge in [0.15, 0.2) is 12.4 Å². The first kappa shape index (κ1) is 17.9. The quantitative estimate of drug-likeness (QED) is 0.539. The number of hydrogen-bond acceptors (Lipinski definition) is 7. The molecule has 142 valence electrons. The number of amides is 1. The highest BCUT2D eigenvalue weighted by molar-refractivity contribution is 7.20. The van der Waals surface area contributed by atoms with E-state index < -0.39 is 0 Å². The zero-order chi connectivity index (χ0) is 19.5. The van der Waals surface area contributed by atoms with Crippen LogP contribution in [0, 0.1) is 6.92 Å². The maximum atomic E-state index is 12.2. The summed E-state index contributed by atoms with van der Waals surface area (Å²) in [6.07, 6.45) is 0. The van der Waals surface area contributed by atoms with E-state index in [0.29, 0.717) is 27.4 Å². The largest absolute Gasteiger partial charge is 0.497 e. The molecule has 4 aromatic rings. The average Bonchev–Trinajstić information content (AvgIpc) is 3.27. The van der Waals surface area contributed by atoms with Crippen LogP contribution in [0.3, 0.4) is 0 Å². The second-order valence-electron chi connectivity index (χ2n) is 6.01. The lowest BCUT2D eigenvalue weighted by Gasteiger charge is -2.05. The fourth-order valence-corrected chi connectivity index (χ4v) is 3.30. The van der Waals surface area contributed by atoms with Crippen molar-refractivity contribution in [2.45, 2.75) is 6.92 Å². The van der Waals surface area contributed by atoms with Crippen molar-refractivity contribution in [3.8, 4) is 22.9 Å². The predicted octanol–water partition coefficient (Wildman–Crippen LogP) is 3.19. The highest BCUT2D eigenvalue weighted by Crippen LogP contribution is 2.26. The Morgan fingerprint density at radius 1 is 1.14 bits per heavy atom. The van der Waals surface area contributed by atoms with Gasteiger partial charge in [-0.1, -0.05) is 41.2 Å². The van der Waals surface area contributed by atoms with Gasteiger partial charge in [0.05, 0.1) is 7.11 Å². The normalized spacial score (nSPS) is 10.8. The predicted molar refractivity (Wildman–Crippen MR) is 106 cm³/mol. The number of methoxy groups -OCH3 is 1. The molecule has 0 saturated heterocycles. The van der Waals surface area contributed by atoms with Gasteiger partial charge in [0.2, 0.25) is 10.1 Å². The van der Waals surface area contributed by atoms with E-state index in [0.717, 1.165) is 11.1 Å². The van der Waals surface area contributed by atoms with Gasteiger partial charge < -0.3 is 9.47 Å². The Balaban J connectivity index is 1.47. The van der Waals surface area contributed by atoms with E-state index >= 15 is 0 Å². The number of aromatic nitrogens is 4. The lowest BCUT2D eigenvalue weighted by molar-refractivity contribution is -0.118. The highest BCUT2D eigenvalue weighted by Gasteiger charge is 2.15. The Kier molecular flexibility index (Phi) is 4.90. The molecule has 0 spiro atoms. The molecule has 0 aliphatic carbocycles. The van der Waals surface area contributed by atoms with Gasteiger partial charge in [0.25, 0.3) is 5.91 Å². The van der Waals surface area contributed by atoms with Crippen LogP contribution in [0.1, 0.15) is 5.56 Å². The van der Waals surface area contributed by atoms with Gasteiger partial charge in [-0.2, -0.15) is 4.52 Å². The molecule has 28 heavy (non-hydrogen) atoms. The molecule has 0 fully saturated rings. The molecule has 1 N–H and O–H groups in total. The summed E-state index contributed by atoms with van der Waals surface area (Å²) in [5.74, 6) is 1.63. The molecule has 0 aliphatic rings. The van der Waals surface area contributed by atoms with Crippen LogP contribution in [0.25, 0.3) is 16.3 Å². The number of nitrogens with zero attached hydrogens (tertiary/aromatic N) is 4. The lowest BCUT2D eigenvalue weighted by atomic mass is 10.2. The first-order valence-corrected chi connectivity index (χ1v) is 9.30. The number of anilines is 1. The monoisotopic (exact) mass is 395 g/mol. The van der Waals surface area contributed by atoms with E-state index in [4.69, 9.17) is 9.47 Å². The molecule has 0 saturated carbocycles. The van der Waals surface area contributed by atoms with Crippen molar-refractivity contribution in [1.29, 1.82) is 0 Å². The Morgan fingerprint density at radius 3 is 2.75 bits per heavy atom. The topological polar surface area (TPSA) is 90.6 Å². The average molecular weight is 395 g/mol. The van der Waals surface area contributed by atoms with Crippen molar-refractivity contribution < 1.29 is 14.3 Å². The van der Waals surface area contributed by atoms with E-state index in [1.165, 1.54) is 11.3 Å². The number of ether oxygens (including phenoxy) is 2. The Hall–Kier alpha value is -3.46. The smallest absolute Gasteiger partial charge is 0.264 e. The fraction of sp³-hybridized carbons (Fsp3) is 0.158. The number of aryl methyl sites for hydroxylation is 1. The van der Waals surface area contributed by atoms with Crippen LogP contribution in [0.4, 0.5) is 5.13 Å². The third kappa shape index (κ3) is 3.79. The third-order valence-electron chi connectivity index (χ3n) is 3.96. The van der Waals surface area contributed by atoms with Crippen molar-refractivity contribution >= 4 is 27.3 Å². The fourth-order valence-electron chi connectivity index (χ4n) is 2.55. The van der Waals surface area contributed by atoms with E-state index in [1.807, 2.05) is 55.5 Å². The van der Waals surface area contributed by atoms with Crippen molar-refractivity contribution in [2.75, 3.05) is 19.0 Å². The molecule has 2 aromatic carbocycles. The maximum absolute atomic E-state index is 12.2. The zero-order valence-corrected chi connectivity index (χ0v) is 16.1. The van der Waals surface area contributed by atoms with Gasteiger partial charge in [0.1, 0.15) is 11.5 Å². The molecular weight excluding hydrogens is 378 g/mol. The molecule has 2 heterocycles. The van der Waals surface area contributed by atoms with Crippen LogP contribution in [0.5, 0.6) is 11.5 Å². The molecule has 2 aromatic heterocycles. The van der Waals surface area contributed by atoms with Crippen LogP contribution in [0.15, 0.2) is 48.5 Å². The minimum absolute atomic E-state index is 0.105. The van der Waals surface area contributed by atoms with Gasteiger partial charge >= 0.3 is 0 Å². The second kappa shape index (κ2) is 7.65. The number of carbonyl (C=O) groups excluding carboxylic acids is 1. The standard InChI is InChI=1S/C19H17N5O3S/c1-12-6-8-14(9-7-12)27-11-16(25)20-18-23-24-17(21-22-19(24)28-18)13-4-3-5-15(10-13)26-2/h3-10H,11H2,1-2H3,(H,20,23,25). The minimum Gasteiger partial charge on any atom is -0.497 e. The summed E-state index contributed by atoms with van der Waals surface area (Å²) in [5.41, 5.74) is 1.95. The summed E-state index contributed by atoms with van der Waals surface area (Å²) in [6, 6.07) is 15.0. The van der Waals surface area contributed by atoms with Gasteiger partial charge in [-0.05, 0) is 31.2 Å². The molecule has 8 nitrogen and oxygen atoms in total. The van der Waals surface area contributed by atoms with Crippen molar-refractivity contribution in [1.82, 2.24) is 19.8 Å². The Labute approximate surface area is 164 Å². The number of fused-ring (bicyclic) bond motifs is 1. The van der Waals surface area contributed by atoms with Crippen molar-refractivity contribution in [3.63, 3.8) is 0 Å². The molecule has 0 radical (unpaired) electrons. The zero-order valence-electron chi connectivity index (χ0n) is 15.2. The maximum Gasteiger partial charge on any atom is 0.264 e. The minimum atomic E-state index is -0.298. The summed E-state index contributed by atoms with van der Waals surface area (Å²) in [4.78, 5) is 12.7. The Bertz CT molecular complexity index is 1120. The van der Waals surface area contributed by atoms with Crippen LogP contribution in [-0.2, 0) is 4.79 Å². The molecule has 0 unspecified atom stereocenters. The van der Waals surface area contributed by atoms with E-state index in [2.05, 4.69) is 20.6 Å². The van der Waals surface area contributed by atoms with Gasteiger partial charge in [-0.3, -0.25) is 10.1 Å². The van der Waals surface area contributed by atoms with Crippen LogP contribution in [-0.4, -0.2) is 39.4 Å². The van der Waals surface area contributed by atoms with Crippen LogP contribution < -0.4 is 14.8 Å². The molecule has 9 heteroatoms. The second-order valence-corrected chi connectivity index (χ2v) is 6.96. The summed E-state index contributed by atoms with van der Waals surface area (Å²) in [5, 5.41) is 15.8. The van der Waals surface area contributed by atoms with Gasteiger partial charge in [-0.25, -0.2) is 0 Å². The molecule has 0 atom stereocenters. The number of carbonyl (C=O) groups is 1. The van der Waals surface area contributed by atoms with Gasteiger partial charge in [0, 0.05) is 5.56 Å². The number of benzene rings is 2. The number of nitrogens with one attached hydrogen (secondary N) is 1. The summed E-state index contributed by atoms with van der Waals surface area (Å²) in [7, 11) is 1.60. The molecule has 1 amide bonds. The van der Waals surface area contributed by atoms with Crippen LogP contribution >= 0.6 is 11.3 Å². The first-order valence-electron chi connectivity index (χ1n) is 8.48. The van der Waals surface area contributed by atoms with Crippen molar-refractivity contribution in [2.24, 2.45) is 0 Å². The first-order chi connectivity index (χ1) is 13.6. The Morgan fingerprint density at radius 2 is 1.96 bits per heavy atom. The summed E-state index contributed by atoms with van der Waals surface area (Å²) >= 11 is 1.23. The number of rotatable bonds is 6. The molecular formula is C19H17N5O3S. The molecule has 4 rings (SSSR count). The van der Waals surface area contributed by atoms with E-state index in [9.17, 15) is 4.79 Å². The molecule has 0 aliphatic heterocycles. The summed E-state index contributed by atoms with van der Waals surface area (Å²) in [6.45, 7) is 1.88.